The van der Waals surface area contributed by atoms with Crippen molar-refractivity contribution >= 4 is 22.4 Å². The number of hydrogen-bond acceptors (Lipinski definition) is 5. The molecule has 0 aliphatic carbocycles. The van der Waals surface area contributed by atoms with E-state index in [-0.39, 0.29) is 18.0 Å². The quantitative estimate of drug-likeness (QED) is 0.940. The molecule has 2 aromatic rings. The first-order chi connectivity index (χ1) is 9.99. The predicted octanol–water partition coefficient (Wildman–Crippen LogP) is 1.88. The molecule has 1 saturated heterocycles. The first kappa shape index (κ1) is 14.1. The number of rotatable bonds is 3. The Balaban J connectivity index is 1.98. The molecular formula is C14H19N5OS. The SMILES string of the molecule is Cc1nn(C)c(C)c1[C@@H]1[C@@H](Nc2nccs2)CC(=O)N1C. The van der Waals surface area contributed by atoms with Crippen LogP contribution in [0.4, 0.5) is 5.13 Å². The molecule has 2 aromatic heterocycles. The van der Waals surface area contributed by atoms with Gasteiger partial charge in [-0.3, -0.25) is 9.48 Å². The minimum Gasteiger partial charge on any atom is -0.356 e. The van der Waals surface area contributed by atoms with Gasteiger partial charge >= 0.3 is 0 Å². The van der Waals surface area contributed by atoms with Gasteiger partial charge < -0.3 is 10.2 Å². The zero-order valence-corrected chi connectivity index (χ0v) is 13.4. The second kappa shape index (κ2) is 5.14. The number of likely N-dealkylation sites (N-methyl/N-ethyl adjacent to an activating group) is 1. The molecule has 1 aliphatic rings. The van der Waals surface area contributed by atoms with E-state index >= 15 is 0 Å². The Morgan fingerprint density at radius 3 is 2.71 bits per heavy atom. The minimum absolute atomic E-state index is 0.00454. The average Bonchev–Trinajstić information content (AvgIpc) is 3.08. The summed E-state index contributed by atoms with van der Waals surface area (Å²) < 4.78 is 1.88. The van der Waals surface area contributed by atoms with Gasteiger partial charge in [-0.05, 0) is 13.8 Å². The van der Waals surface area contributed by atoms with E-state index in [1.165, 1.54) is 0 Å². The standard InChI is InChI=1S/C14H19N5OS/c1-8-12(9(2)19(4)17-8)13-10(7-11(20)18(13)3)16-14-15-5-6-21-14/h5-6,10,13H,7H2,1-4H3,(H,15,16)/t10-,13-/m0/s1. The molecule has 3 heterocycles. The maximum atomic E-state index is 12.2. The molecule has 1 N–H and O–H groups in total. The molecule has 0 spiro atoms. The van der Waals surface area contributed by atoms with Crippen LogP contribution in [0.1, 0.15) is 29.4 Å². The molecule has 0 saturated carbocycles. The highest BCUT2D eigenvalue weighted by Crippen LogP contribution is 2.37. The summed E-state index contributed by atoms with van der Waals surface area (Å²) in [6, 6.07) is 0.0188. The van der Waals surface area contributed by atoms with Crippen LogP contribution in [-0.4, -0.2) is 38.7 Å². The van der Waals surface area contributed by atoms with E-state index < -0.39 is 0 Å². The number of amides is 1. The van der Waals surface area contributed by atoms with Crippen molar-refractivity contribution in [3.63, 3.8) is 0 Å². The third-order valence-corrected chi connectivity index (χ3v) is 4.89. The zero-order valence-electron chi connectivity index (χ0n) is 12.6. The molecule has 112 valence electrons. The van der Waals surface area contributed by atoms with E-state index in [0.29, 0.717) is 6.42 Å². The lowest BCUT2D eigenvalue weighted by atomic mass is 9.98. The highest BCUT2D eigenvalue weighted by atomic mass is 32.1. The Hall–Kier alpha value is -1.89. The van der Waals surface area contributed by atoms with Gasteiger partial charge in [0.25, 0.3) is 0 Å². The lowest BCUT2D eigenvalue weighted by molar-refractivity contribution is -0.127. The van der Waals surface area contributed by atoms with E-state index in [0.717, 1.165) is 22.1 Å². The van der Waals surface area contributed by atoms with Crippen molar-refractivity contribution in [1.29, 1.82) is 0 Å². The summed E-state index contributed by atoms with van der Waals surface area (Å²) in [5.41, 5.74) is 3.22. The fraction of sp³-hybridized carbons (Fsp3) is 0.500. The van der Waals surface area contributed by atoms with Crippen LogP contribution in [0.25, 0.3) is 0 Å². The van der Waals surface area contributed by atoms with Crippen LogP contribution in [0.15, 0.2) is 11.6 Å². The molecule has 1 fully saturated rings. The van der Waals surface area contributed by atoms with Gasteiger partial charge in [-0.15, -0.1) is 11.3 Å². The van der Waals surface area contributed by atoms with Gasteiger partial charge in [0.2, 0.25) is 5.91 Å². The summed E-state index contributed by atoms with van der Waals surface area (Å²) in [4.78, 5) is 18.3. The van der Waals surface area contributed by atoms with Gasteiger partial charge in [0.05, 0.1) is 17.8 Å². The number of carbonyl (C=O) groups excluding carboxylic acids is 1. The summed E-state index contributed by atoms with van der Waals surface area (Å²) >= 11 is 1.55. The van der Waals surface area contributed by atoms with Crippen LogP contribution >= 0.6 is 11.3 Å². The Morgan fingerprint density at radius 1 is 1.38 bits per heavy atom. The lowest BCUT2D eigenvalue weighted by Crippen LogP contribution is -2.30. The summed E-state index contributed by atoms with van der Waals surface area (Å²) in [5.74, 6) is 0.150. The number of carbonyl (C=O) groups is 1. The third kappa shape index (κ3) is 2.31. The van der Waals surface area contributed by atoms with Crippen molar-refractivity contribution in [1.82, 2.24) is 19.7 Å². The highest BCUT2D eigenvalue weighted by molar-refractivity contribution is 7.13. The summed E-state index contributed by atoms with van der Waals surface area (Å²) in [6.07, 6.45) is 2.25. The lowest BCUT2D eigenvalue weighted by Gasteiger charge is -2.26. The van der Waals surface area contributed by atoms with Crippen molar-refractivity contribution in [2.24, 2.45) is 7.05 Å². The van der Waals surface area contributed by atoms with Crippen LogP contribution in [0.5, 0.6) is 0 Å². The molecule has 7 heteroatoms. The maximum absolute atomic E-state index is 12.2. The number of thiazole rings is 1. The number of likely N-dealkylation sites (tertiary alicyclic amines) is 1. The van der Waals surface area contributed by atoms with E-state index in [4.69, 9.17) is 0 Å². The maximum Gasteiger partial charge on any atom is 0.225 e. The molecule has 1 aliphatic heterocycles. The second-order valence-electron chi connectivity index (χ2n) is 5.45. The molecule has 0 bridgehead atoms. The number of nitrogens with one attached hydrogen (secondary N) is 1. The van der Waals surface area contributed by atoms with E-state index in [1.807, 2.05) is 42.9 Å². The molecule has 0 radical (unpaired) electrons. The van der Waals surface area contributed by atoms with E-state index in [1.54, 1.807) is 17.5 Å². The van der Waals surface area contributed by atoms with E-state index in [9.17, 15) is 4.79 Å². The van der Waals surface area contributed by atoms with Crippen LogP contribution < -0.4 is 5.32 Å². The van der Waals surface area contributed by atoms with Gasteiger partial charge in [0.1, 0.15) is 0 Å². The van der Waals surface area contributed by atoms with Gasteiger partial charge in [-0.1, -0.05) is 0 Å². The predicted molar refractivity (Wildman–Crippen MR) is 82.3 cm³/mol. The van der Waals surface area contributed by atoms with Crippen LogP contribution in [-0.2, 0) is 11.8 Å². The molecule has 0 unspecified atom stereocenters. The number of hydrogen-bond donors (Lipinski definition) is 1. The number of anilines is 1. The first-order valence-corrected chi connectivity index (χ1v) is 7.78. The van der Waals surface area contributed by atoms with Gasteiger partial charge in [-0.25, -0.2) is 4.98 Å². The fourth-order valence-corrected chi connectivity index (χ4v) is 3.66. The summed E-state index contributed by atoms with van der Waals surface area (Å²) in [6.45, 7) is 4.05. The number of nitrogens with zero attached hydrogens (tertiary/aromatic N) is 4. The van der Waals surface area contributed by atoms with Crippen LogP contribution in [0.3, 0.4) is 0 Å². The largest absolute Gasteiger partial charge is 0.356 e. The van der Waals surface area contributed by atoms with Crippen LogP contribution in [0.2, 0.25) is 0 Å². The van der Waals surface area contributed by atoms with Crippen molar-refractivity contribution in [2.45, 2.75) is 32.4 Å². The molecule has 3 rings (SSSR count). The van der Waals surface area contributed by atoms with Crippen molar-refractivity contribution in [2.75, 3.05) is 12.4 Å². The first-order valence-electron chi connectivity index (χ1n) is 6.91. The molecule has 6 nitrogen and oxygen atoms in total. The Labute approximate surface area is 127 Å². The van der Waals surface area contributed by atoms with Crippen LogP contribution in [0, 0.1) is 13.8 Å². The Bertz CT molecular complexity index is 663. The monoisotopic (exact) mass is 305 g/mol. The normalized spacial score (nSPS) is 22.1. The molecule has 0 aromatic carbocycles. The fourth-order valence-electron chi connectivity index (χ4n) is 3.06. The number of aromatic nitrogens is 3. The highest BCUT2D eigenvalue weighted by Gasteiger charge is 2.41. The summed E-state index contributed by atoms with van der Waals surface area (Å²) in [5, 5.41) is 10.7. The Morgan fingerprint density at radius 2 is 2.14 bits per heavy atom. The van der Waals surface area contributed by atoms with Crippen molar-refractivity contribution < 1.29 is 4.79 Å². The molecular weight excluding hydrogens is 286 g/mol. The average molecular weight is 305 g/mol. The third-order valence-electron chi connectivity index (χ3n) is 4.19. The van der Waals surface area contributed by atoms with Gasteiger partial charge in [0, 0.05) is 43.4 Å². The number of aryl methyl sites for hydroxylation is 2. The topological polar surface area (TPSA) is 63.1 Å². The molecule has 1 amide bonds. The van der Waals surface area contributed by atoms with Gasteiger partial charge in [-0.2, -0.15) is 5.10 Å². The summed E-state index contributed by atoms with van der Waals surface area (Å²) in [7, 11) is 3.80. The van der Waals surface area contributed by atoms with Crippen molar-refractivity contribution in [3.8, 4) is 0 Å². The molecule has 2 atom stereocenters. The smallest absolute Gasteiger partial charge is 0.225 e. The zero-order chi connectivity index (χ0) is 15.1. The van der Waals surface area contributed by atoms with Gasteiger partial charge in [0.15, 0.2) is 5.13 Å². The van der Waals surface area contributed by atoms with E-state index in [2.05, 4.69) is 15.4 Å². The molecule has 21 heavy (non-hydrogen) atoms. The second-order valence-corrected chi connectivity index (χ2v) is 6.34. The minimum atomic E-state index is -0.00454. The van der Waals surface area contributed by atoms with Crippen molar-refractivity contribution in [3.05, 3.63) is 28.5 Å². The Kier molecular flexibility index (Phi) is 3.44.